The van der Waals surface area contributed by atoms with Gasteiger partial charge in [-0.2, -0.15) is 10.1 Å². The van der Waals surface area contributed by atoms with Crippen LogP contribution in [0.2, 0.25) is 0 Å². The van der Waals surface area contributed by atoms with Crippen LogP contribution in [-0.4, -0.2) is 22.3 Å². The van der Waals surface area contributed by atoms with E-state index in [1.165, 1.54) is 0 Å². The molecule has 0 saturated carbocycles. The molecule has 0 bridgehead atoms. The third kappa shape index (κ3) is 3.80. The summed E-state index contributed by atoms with van der Waals surface area (Å²) in [5, 5.41) is 14.3. The normalized spacial score (nSPS) is 10.3. The lowest BCUT2D eigenvalue weighted by Gasteiger charge is -2.11. The lowest BCUT2D eigenvalue weighted by molar-refractivity contribution is 0.417. The van der Waals surface area contributed by atoms with Crippen LogP contribution < -0.4 is 15.4 Å². The maximum atomic E-state index is 5.32. The summed E-state index contributed by atoms with van der Waals surface area (Å²) in [5.74, 6) is 1.71. The number of para-hydroxylation sites is 2. The summed E-state index contributed by atoms with van der Waals surface area (Å²) in [6.07, 6.45) is 1.56. The Morgan fingerprint density at radius 3 is 2.71 bits per heavy atom. The Kier molecular flexibility index (Phi) is 4.90. The van der Waals surface area contributed by atoms with Crippen molar-refractivity contribution in [1.82, 2.24) is 15.2 Å². The van der Waals surface area contributed by atoms with Gasteiger partial charge >= 0.3 is 0 Å². The van der Waals surface area contributed by atoms with Crippen molar-refractivity contribution in [3.63, 3.8) is 0 Å². The average Bonchev–Trinajstić information content (AvgIpc) is 2.59. The van der Waals surface area contributed by atoms with Crippen LogP contribution >= 0.6 is 15.9 Å². The molecule has 24 heavy (non-hydrogen) atoms. The lowest BCUT2D eigenvalue weighted by Crippen LogP contribution is -2.03. The standard InChI is InChI=1S/C17H16BrN5O/c1-11-7-8-12(9-13(11)18)20-17-22-16(10-19-23-17)21-14-5-3-4-6-15(14)24-2/h3-10H,1-2H3,(H2,20,21,22,23). The fourth-order valence-electron chi connectivity index (χ4n) is 2.10. The van der Waals surface area contributed by atoms with Crippen LogP contribution in [0.5, 0.6) is 5.75 Å². The number of aromatic nitrogens is 3. The number of hydrogen-bond donors (Lipinski definition) is 2. The minimum Gasteiger partial charge on any atom is -0.495 e. The molecule has 6 nitrogen and oxygen atoms in total. The Labute approximate surface area is 148 Å². The van der Waals surface area contributed by atoms with Crippen molar-refractivity contribution in [3.8, 4) is 5.75 Å². The van der Waals surface area contributed by atoms with Gasteiger partial charge in [-0.05, 0) is 36.8 Å². The van der Waals surface area contributed by atoms with E-state index in [-0.39, 0.29) is 0 Å². The van der Waals surface area contributed by atoms with E-state index >= 15 is 0 Å². The van der Waals surface area contributed by atoms with Crippen molar-refractivity contribution in [2.75, 3.05) is 17.7 Å². The third-order valence-electron chi connectivity index (χ3n) is 3.36. The van der Waals surface area contributed by atoms with Crippen molar-refractivity contribution < 1.29 is 4.74 Å². The number of hydrogen-bond acceptors (Lipinski definition) is 6. The SMILES string of the molecule is COc1ccccc1Nc1cnnc(Nc2ccc(C)c(Br)c2)n1. The molecule has 3 aromatic rings. The van der Waals surface area contributed by atoms with Gasteiger partial charge in [0.05, 0.1) is 19.0 Å². The predicted molar refractivity (Wildman–Crippen MR) is 98.3 cm³/mol. The zero-order valence-electron chi connectivity index (χ0n) is 13.2. The fraction of sp³-hybridized carbons (Fsp3) is 0.118. The summed E-state index contributed by atoms with van der Waals surface area (Å²) in [4.78, 5) is 4.42. The maximum absolute atomic E-state index is 5.32. The monoisotopic (exact) mass is 385 g/mol. The van der Waals surface area contributed by atoms with E-state index in [9.17, 15) is 0 Å². The summed E-state index contributed by atoms with van der Waals surface area (Å²) in [6, 6.07) is 13.6. The number of aryl methyl sites for hydroxylation is 1. The Balaban J connectivity index is 1.80. The largest absolute Gasteiger partial charge is 0.495 e. The number of methoxy groups -OCH3 is 1. The van der Waals surface area contributed by atoms with Gasteiger partial charge in [0.15, 0.2) is 5.82 Å². The molecule has 0 radical (unpaired) electrons. The highest BCUT2D eigenvalue weighted by molar-refractivity contribution is 9.10. The topological polar surface area (TPSA) is 72.0 Å². The van der Waals surface area contributed by atoms with E-state index in [1.807, 2.05) is 49.4 Å². The first-order chi connectivity index (χ1) is 11.7. The van der Waals surface area contributed by atoms with Crippen molar-refractivity contribution in [2.24, 2.45) is 0 Å². The Hall–Kier alpha value is -2.67. The highest BCUT2D eigenvalue weighted by Crippen LogP contribution is 2.26. The Morgan fingerprint density at radius 2 is 1.92 bits per heavy atom. The first-order valence-electron chi connectivity index (χ1n) is 7.28. The molecule has 2 aromatic carbocycles. The van der Waals surface area contributed by atoms with Gasteiger partial charge in [0.2, 0.25) is 5.95 Å². The lowest BCUT2D eigenvalue weighted by atomic mass is 10.2. The first-order valence-corrected chi connectivity index (χ1v) is 8.08. The summed E-state index contributed by atoms with van der Waals surface area (Å²) in [5.41, 5.74) is 2.85. The van der Waals surface area contributed by atoms with Gasteiger partial charge in [-0.15, -0.1) is 5.10 Å². The highest BCUT2D eigenvalue weighted by Gasteiger charge is 2.06. The van der Waals surface area contributed by atoms with Crippen LogP contribution in [0.3, 0.4) is 0 Å². The minimum absolute atomic E-state index is 0.408. The molecule has 0 amide bonds. The summed E-state index contributed by atoms with van der Waals surface area (Å²) >= 11 is 3.51. The molecular formula is C17H16BrN5O. The van der Waals surface area contributed by atoms with Crippen LogP contribution in [0.1, 0.15) is 5.56 Å². The van der Waals surface area contributed by atoms with Gasteiger partial charge in [0.25, 0.3) is 0 Å². The van der Waals surface area contributed by atoms with E-state index in [0.717, 1.165) is 27.2 Å². The molecule has 1 aromatic heterocycles. The first kappa shape index (κ1) is 16.2. The number of rotatable bonds is 5. The second-order valence-electron chi connectivity index (χ2n) is 5.08. The molecule has 3 rings (SSSR count). The number of nitrogens with one attached hydrogen (secondary N) is 2. The second kappa shape index (κ2) is 7.27. The average molecular weight is 386 g/mol. The van der Waals surface area contributed by atoms with E-state index in [0.29, 0.717) is 11.8 Å². The number of halogens is 1. The summed E-state index contributed by atoms with van der Waals surface area (Å²) < 4.78 is 6.34. The van der Waals surface area contributed by atoms with Crippen molar-refractivity contribution in [3.05, 3.63) is 58.7 Å². The fourth-order valence-corrected chi connectivity index (χ4v) is 2.48. The van der Waals surface area contributed by atoms with Gasteiger partial charge in [-0.3, -0.25) is 0 Å². The molecule has 0 spiro atoms. The zero-order valence-corrected chi connectivity index (χ0v) is 14.8. The highest BCUT2D eigenvalue weighted by atomic mass is 79.9. The number of ether oxygens (including phenoxy) is 1. The molecule has 0 aliphatic carbocycles. The summed E-state index contributed by atoms with van der Waals surface area (Å²) in [6.45, 7) is 2.03. The van der Waals surface area contributed by atoms with E-state index in [1.54, 1.807) is 13.3 Å². The predicted octanol–water partition coefficient (Wildman–Crippen LogP) is 4.44. The molecule has 0 aliphatic rings. The Bertz CT molecular complexity index is 856. The maximum Gasteiger partial charge on any atom is 0.249 e. The Morgan fingerprint density at radius 1 is 1.08 bits per heavy atom. The number of anilines is 4. The minimum atomic E-state index is 0.408. The third-order valence-corrected chi connectivity index (χ3v) is 4.21. The molecule has 2 N–H and O–H groups in total. The van der Waals surface area contributed by atoms with Crippen molar-refractivity contribution in [1.29, 1.82) is 0 Å². The molecule has 0 fully saturated rings. The van der Waals surface area contributed by atoms with E-state index < -0.39 is 0 Å². The van der Waals surface area contributed by atoms with E-state index in [4.69, 9.17) is 4.74 Å². The van der Waals surface area contributed by atoms with Gasteiger partial charge in [-0.25, -0.2) is 0 Å². The van der Waals surface area contributed by atoms with Crippen LogP contribution in [0, 0.1) is 6.92 Å². The molecule has 0 aliphatic heterocycles. The zero-order chi connectivity index (χ0) is 16.9. The van der Waals surface area contributed by atoms with Crippen LogP contribution in [-0.2, 0) is 0 Å². The molecule has 0 unspecified atom stereocenters. The molecule has 1 heterocycles. The van der Waals surface area contributed by atoms with Crippen molar-refractivity contribution in [2.45, 2.75) is 6.92 Å². The molecule has 0 atom stereocenters. The second-order valence-corrected chi connectivity index (χ2v) is 5.93. The molecule has 122 valence electrons. The van der Waals surface area contributed by atoms with E-state index in [2.05, 4.69) is 41.7 Å². The van der Waals surface area contributed by atoms with Crippen LogP contribution in [0.4, 0.5) is 23.1 Å². The molecular weight excluding hydrogens is 370 g/mol. The van der Waals surface area contributed by atoms with Gasteiger partial charge in [0, 0.05) is 10.2 Å². The number of benzene rings is 2. The smallest absolute Gasteiger partial charge is 0.249 e. The van der Waals surface area contributed by atoms with Crippen LogP contribution in [0.15, 0.2) is 53.1 Å². The quantitative estimate of drug-likeness (QED) is 0.676. The molecule has 7 heteroatoms. The van der Waals surface area contributed by atoms with Crippen molar-refractivity contribution >= 4 is 39.1 Å². The van der Waals surface area contributed by atoms with Gasteiger partial charge in [0.1, 0.15) is 5.75 Å². The van der Waals surface area contributed by atoms with Gasteiger partial charge in [-0.1, -0.05) is 34.1 Å². The summed E-state index contributed by atoms with van der Waals surface area (Å²) in [7, 11) is 1.63. The molecule has 0 saturated heterocycles. The number of nitrogens with zero attached hydrogens (tertiary/aromatic N) is 3. The van der Waals surface area contributed by atoms with Gasteiger partial charge < -0.3 is 15.4 Å². The van der Waals surface area contributed by atoms with Crippen LogP contribution in [0.25, 0.3) is 0 Å².